The van der Waals surface area contributed by atoms with Crippen LogP contribution in [0.3, 0.4) is 0 Å². The fourth-order valence-electron chi connectivity index (χ4n) is 2.06. The zero-order chi connectivity index (χ0) is 11.0. The van der Waals surface area contributed by atoms with Gasteiger partial charge in [-0.25, -0.2) is 0 Å². The number of fused-ring (bicyclic) bond motifs is 2. The van der Waals surface area contributed by atoms with Crippen LogP contribution in [0.25, 0.3) is 0 Å². The summed E-state index contributed by atoms with van der Waals surface area (Å²) >= 11 is 0. The highest BCUT2D eigenvalue weighted by molar-refractivity contribution is 5.45. The Labute approximate surface area is 94.1 Å². The average molecular weight is 212 g/mol. The molecule has 0 aliphatic carbocycles. The number of aliphatic hydroxyl groups excluding tert-OH is 1. The molecule has 2 aromatic rings. The van der Waals surface area contributed by atoms with Gasteiger partial charge in [-0.1, -0.05) is 36.4 Å². The van der Waals surface area contributed by atoms with E-state index in [0.29, 0.717) is 6.42 Å². The minimum absolute atomic E-state index is 0.486. The van der Waals surface area contributed by atoms with Crippen LogP contribution in [0.5, 0.6) is 11.5 Å². The van der Waals surface area contributed by atoms with Gasteiger partial charge in [0, 0.05) is 12.0 Å². The van der Waals surface area contributed by atoms with Crippen LogP contribution in [0.1, 0.15) is 17.2 Å². The molecule has 1 aliphatic rings. The molecule has 0 radical (unpaired) electrons. The Hall–Kier alpha value is -1.80. The normalized spacial score (nSPS) is 17.9. The van der Waals surface area contributed by atoms with E-state index in [1.54, 1.807) is 0 Å². The summed E-state index contributed by atoms with van der Waals surface area (Å²) < 4.78 is 5.81. The number of hydrogen-bond acceptors (Lipinski definition) is 2. The van der Waals surface area contributed by atoms with Crippen LogP contribution in [-0.2, 0) is 6.42 Å². The maximum atomic E-state index is 10.1. The van der Waals surface area contributed by atoms with E-state index in [1.807, 2.05) is 48.5 Å². The van der Waals surface area contributed by atoms with Crippen molar-refractivity contribution in [3.63, 3.8) is 0 Å². The molecule has 1 aliphatic heterocycles. The van der Waals surface area contributed by atoms with E-state index >= 15 is 0 Å². The van der Waals surface area contributed by atoms with Gasteiger partial charge in [0.25, 0.3) is 0 Å². The van der Waals surface area contributed by atoms with Crippen molar-refractivity contribution in [3.05, 3.63) is 59.7 Å². The van der Waals surface area contributed by atoms with Gasteiger partial charge in [-0.05, 0) is 17.7 Å². The summed E-state index contributed by atoms with van der Waals surface area (Å²) in [6.07, 6.45) is 0.118. The molecule has 3 rings (SSSR count). The van der Waals surface area contributed by atoms with Crippen molar-refractivity contribution < 1.29 is 9.84 Å². The third-order valence-corrected chi connectivity index (χ3v) is 2.88. The third-order valence-electron chi connectivity index (χ3n) is 2.88. The second-order valence-electron chi connectivity index (χ2n) is 3.97. The fourth-order valence-corrected chi connectivity index (χ4v) is 2.06. The summed E-state index contributed by atoms with van der Waals surface area (Å²) in [5.74, 6) is 1.59. The maximum absolute atomic E-state index is 10.1. The van der Waals surface area contributed by atoms with Crippen molar-refractivity contribution in [2.45, 2.75) is 12.5 Å². The van der Waals surface area contributed by atoms with Crippen molar-refractivity contribution in [1.29, 1.82) is 0 Å². The van der Waals surface area contributed by atoms with Gasteiger partial charge in [-0.3, -0.25) is 0 Å². The van der Waals surface area contributed by atoms with Crippen molar-refractivity contribution in [2.75, 3.05) is 0 Å². The largest absolute Gasteiger partial charge is 0.457 e. The Morgan fingerprint density at radius 2 is 1.62 bits per heavy atom. The predicted octanol–water partition coefficient (Wildman–Crippen LogP) is 3.07. The number of rotatable bonds is 0. The highest BCUT2D eigenvalue weighted by atomic mass is 16.5. The monoisotopic (exact) mass is 212 g/mol. The standard InChI is InChI=1S/C14H12O2/c15-12-9-10-5-1-3-7-13(10)16-14-8-4-2-6-11(12)14/h1-8,12,15H,9H2/t12-/m0/s1. The zero-order valence-corrected chi connectivity index (χ0v) is 8.76. The molecule has 0 bridgehead atoms. The summed E-state index contributed by atoms with van der Waals surface area (Å²) in [6.45, 7) is 0. The van der Waals surface area contributed by atoms with E-state index in [2.05, 4.69) is 0 Å². The topological polar surface area (TPSA) is 29.5 Å². The van der Waals surface area contributed by atoms with Crippen LogP contribution < -0.4 is 4.74 Å². The number of ether oxygens (including phenoxy) is 1. The Bertz CT molecular complexity index is 520. The van der Waals surface area contributed by atoms with Crippen LogP contribution in [0.4, 0.5) is 0 Å². The lowest BCUT2D eigenvalue weighted by Gasteiger charge is -2.09. The highest BCUT2D eigenvalue weighted by Gasteiger charge is 2.20. The summed E-state index contributed by atoms with van der Waals surface area (Å²) in [5.41, 5.74) is 1.91. The molecular weight excluding hydrogens is 200 g/mol. The second kappa shape index (κ2) is 3.65. The lowest BCUT2D eigenvalue weighted by molar-refractivity contribution is 0.178. The first kappa shape index (κ1) is 9.43. The third kappa shape index (κ3) is 1.48. The van der Waals surface area contributed by atoms with Crippen molar-refractivity contribution in [1.82, 2.24) is 0 Å². The van der Waals surface area contributed by atoms with Gasteiger partial charge in [-0.2, -0.15) is 0 Å². The maximum Gasteiger partial charge on any atom is 0.133 e. The van der Waals surface area contributed by atoms with Gasteiger partial charge in [0.2, 0.25) is 0 Å². The van der Waals surface area contributed by atoms with E-state index in [1.165, 1.54) is 0 Å². The summed E-state index contributed by atoms with van der Waals surface area (Å²) in [4.78, 5) is 0. The molecule has 80 valence electrons. The van der Waals surface area contributed by atoms with Crippen LogP contribution in [0, 0.1) is 0 Å². The lowest BCUT2D eigenvalue weighted by Crippen LogP contribution is -1.99. The molecule has 1 heterocycles. The number of aliphatic hydroxyl groups is 1. The van der Waals surface area contributed by atoms with E-state index < -0.39 is 6.10 Å². The molecule has 1 N–H and O–H groups in total. The second-order valence-corrected chi connectivity index (χ2v) is 3.97. The molecule has 0 saturated carbocycles. The molecule has 0 unspecified atom stereocenters. The van der Waals surface area contributed by atoms with Gasteiger partial charge in [0.1, 0.15) is 11.5 Å². The molecule has 0 saturated heterocycles. The Morgan fingerprint density at radius 3 is 2.50 bits per heavy atom. The molecule has 0 aromatic heterocycles. The van der Waals surface area contributed by atoms with Crippen molar-refractivity contribution in [3.8, 4) is 11.5 Å². The molecule has 0 fully saturated rings. The number of para-hydroxylation sites is 2. The SMILES string of the molecule is O[C@H]1Cc2ccccc2Oc2ccccc21. The minimum atomic E-state index is -0.486. The molecule has 2 aromatic carbocycles. The number of hydrogen-bond donors (Lipinski definition) is 1. The van der Waals surface area contributed by atoms with Gasteiger partial charge in [-0.15, -0.1) is 0 Å². The smallest absolute Gasteiger partial charge is 0.133 e. The van der Waals surface area contributed by atoms with Crippen LogP contribution in [0.15, 0.2) is 48.5 Å². The Morgan fingerprint density at radius 1 is 0.938 bits per heavy atom. The van der Waals surface area contributed by atoms with E-state index in [-0.39, 0.29) is 0 Å². The summed E-state index contributed by atoms with van der Waals surface area (Å²) in [5, 5.41) is 10.1. The lowest BCUT2D eigenvalue weighted by atomic mass is 10.0. The van der Waals surface area contributed by atoms with E-state index in [9.17, 15) is 5.11 Å². The van der Waals surface area contributed by atoms with Gasteiger partial charge in [0.05, 0.1) is 6.10 Å². The molecule has 16 heavy (non-hydrogen) atoms. The fraction of sp³-hybridized carbons (Fsp3) is 0.143. The minimum Gasteiger partial charge on any atom is -0.457 e. The molecule has 2 nitrogen and oxygen atoms in total. The van der Waals surface area contributed by atoms with E-state index in [4.69, 9.17) is 4.74 Å². The molecule has 2 heteroatoms. The first-order chi connectivity index (χ1) is 7.84. The zero-order valence-electron chi connectivity index (χ0n) is 8.76. The molecular formula is C14H12O2. The van der Waals surface area contributed by atoms with Gasteiger partial charge < -0.3 is 9.84 Å². The van der Waals surface area contributed by atoms with Gasteiger partial charge in [0.15, 0.2) is 0 Å². The van der Waals surface area contributed by atoms with Crippen LogP contribution >= 0.6 is 0 Å². The average Bonchev–Trinajstić information content (AvgIpc) is 2.45. The first-order valence-corrected chi connectivity index (χ1v) is 5.37. The van der Waals surface area contributed by atoms with Crippen molar-refractivity contribution in [2.24, 2.45) is 0 Å². The van der Waals surface area contributed by atoms with Gasteiger partial charge >= 0.3 is 0 Å². The predicted molar refractivity (Wildman–Crippen MR) is 61.6 cm³/mol. The first-order valence-electron chi connectivity index (χ1n) is 5.37. The van der Waals surface area contributed by atoms with Crippen molar-refractivity contribution >= 4 is 0 Å². The van der Waals surface area contributed by atoms with Crippen LogP contribution in [-0.4, -0.2) is 5.11 Å². The molecule has 1 atom stereocenters. The van der Waals surface area contributed by atoms with E-state index in [0.717, 1.165) is 22.6 Å². The number of benzene rings is 2. The molecule has 0 amide bonds. The Balaban J connectivity index is 2.15. The Kier molecular flexibility index (Phi) is 2.15. The summed E-state index contributed by atoms with van der Waals surface area (Å²) in [7, 11) is 0. The summed E-state index contributed by atoms with van der Waals surface area (Å²) in [6, 6.07) is 15.5. The molecule has 0 spiro atoms. The van der Waals surface area contributed by atoms with Crippen LogP contribution in [0.2, 0.25) is 0 Å². The quantitative estimate of drug-likeness (QED) is 0.727. The highest BCUT2D eigenvalue weighted by Crippen LogP contribution is 2.37.